The zero-order chi connectivity index (χ0) is 10.8. The van der Waals surface area contributed by atoms with Gasteiger partial charge in [0, 0.05) is 5.56 Å². The van der Waals surface area contributed by atoms with Gasteiger partial charge < -0.3 is 11.5 Å². The summed E-state index contributed by atoms with van der Waals surface area (Å²) >= 11 is 5.71. The van der Waals surface area contributed by atoms with Gasteiger partial charge in [0.05, 0.1) is 0 Å². The van der Waals surface area contributed by atoms with Gasteiger partial charge in [0.15, 0.2) is 5.82 Å². The zero-order valence-electron chi connectivity index (χ0n) is 7.81. The number of nitrogens with two attached hydrogens (primary N) is 2. The predicted octanol–water partition coefficient (Wildman–Crippen LogP) is 1.96. The number of nitrogens with zero attached hydrogens (tertiary/aromatic N) is 2. The molecule has 0 atom stereocenters. The van der Waals surface area contributed by atoms with Crippen LogP contribution in [0.25, 0.3) is 11.3 Å². The average Bonchev–Trinajstić information content (AvgIpc) is 2.24. The summed E-state index contributed by atoms with van der Waals surface area (Å²) in [6.07, 6.45) is 0. The van der Waals surface area contributed by atoms with Crippen molar-refractivity contribution in [1.82, 2.24) is 9.97 Å². The van der Waals surface area contributed by atoms with Crippen LogP contribution < -0.4 is 11.5 Å². The van der Waals surface area contributed by atoms with Crippen molar-refractivity contribution in [3.8, 4) is 11.3 Å². The van der Waals surface area contributed by atoms with Crippen LogP contribution in [0, 0.1) is 0 Å². The number of aromatic nitrogens is 2. The normalized spacial score (nSPS) is 10.2. The van der Waals surface area contributed by atoms with Crippen molar-refractivity contribution in [2.24, 2.45) is 0 Å². The third kappa shape index (κ3) is 1.85. The lowest BCUT2D eigenvalue weighted by Gasteiger charge is -2.06. The standard InChI is InChI=1S/C10H9ClN4/c11-10-14-8(7(12)9(13)15-10)6-4-2-1-3-5-6/h1-5H,12H2,(H2,13,14,15). The van der Waals surface area contributed by atoms with Crippen LogP contribution in [0.4, 0.5) is 11.5 Å². The van der Waals surface area contributed by atoms with Crippen molar-refractivity contribution in [2.75, 3.05) is 11.5 Å². The first-order valence-electron chi connectivity index (χ1n) is 4.32. The Bertz CT molecular complexity index is 484. The Balaban J connectivity index is 2.63. The second-order valence-corrected chi connectivity index (χ2v) is 3.34. The van der Waals surface area contributed by atoms with E-state index in [0.717, 1.165) is 5.56 Å². The van der Waals surface area contributed by atoms with Gasteiger partial charge in [-0.2, -0.15) is 4.98 Å². The van der Waals surface area contributed by atoms with Crippen LogP contribution in [0.5, 0.6) is 0 Å². The summed E-state index contributed by atoms with van der Waals surface area (Å²) in [7, 11) is 0. The van der Waals surface area contributed by atoms with Gasteiger partial charge in [-0.1, -0.05) is 30.3 Å². The molecular weight excluding hydrogens is 212 g/mol. The fraction of sp³-hybridized carbons (Fsp3) is 0. The second kappa shape index (κ2) is 3.74. The molecule has 0 saturated heterocycles. The molecule has 0 saturated carbocycles. The predicted molar refractivity (Wildman–Crippen MR) is 61.3 cm³/mol. The molecule has 5 heteroatoms. The molecule has 2 aromatic rings. The first-order valence-corrected chi connectivity index (χ1v) is 4.70. The fourth-order valence-corrected chi connectivity index (χ4v) is 1.45. The van der Waals surface area contributed by atoms with E-state index in [1.807, 2.05) is 30.3 Å². The van der Waals surface area contributed by atoms with Crippen LogP contribution in [0.15, 0.2) is 30.3 Å². The van der Waals surface area contributed by atoms with Crippen molar-refractivity contribution in [1.29, 1.82) is 0 Å². The van der Waals surface area contributed by atoms with Gasteiger partial charge in [-0.05, 0) is 11.6 Å². The second-order valence-electron chi connectivity index (χ2n) is 3.01. The van der Waals surface area contributed by atoms with E-state index in [2.05, 4.69) is 9.97 Å². The molecule has 4 nitrogen and oxygen atoms in total. The van der Waals surface area contributed by atoms with E-state index in [9.17, 15) is 0 Å². The molecule has 1 heterocycles. The molecule has 76 valence electrons. The molecule has 1 aromatic heterocycles. The minimum absolute atomic E-state index is 0.0977. The van der Waals surface area contributed by atoms with E-state index in [0.29, 0.717) is 11.4 Å². The van der Waals surface area contributed by atoms with Gasteiger partial charge >= 0.3 is 0 Å². The highest BCUT2D eigenvalue weighted by Gasteiger charge is 2.09. The van der Waals surface area contributed by atoms with E-state index in [1.54, 1.807) is 0 Å². The van der Waals surface area contributed by atoms with Crippen molar-refractivity contribution in [2.45, 2.75) is 0 Å². The minimum Gasteiger partial charge on any atom is -0.394 e. The maximum Gasteiger partial charge on any atom is 0.225 e. The Hall–Kier alpha value is -1.81. The van der Waals surface area contributed by atoms with Crippen molar-refractivity contribution in [3.05, 3.63) is 35.6 Å². The van der Waals surface area contributed by atoms with Gasteiger partial charge in [-0.25, -0.2) is 4.98 Å². The molecule has 0 spiro atoms. The monoisotopic (exact) mass is 220 g/mol. The van der Waals surface area contributed by atoms with Gasteiger partial charge in [0.1, 0.15) is 11.4 Å². The number of halogens is 1. The number of rotatable bonds is 1. The van der Waals surface area contributed by atoms with E-state index < -0.39 is 0 Å². The Morgan fingerprint density at radius 1 is 1.00 bits per heavy atom. The number of hydrogen-bond donors (Lipinski definition) is 2. The lowest BCUT2D eigenvalue weighted by Crippen LogP contribution is -2.02. The van der Waals surface area contributed by atoms with Gasteiger partial charge in [0.2, 0.25) is 5.28 Å². The summed E-state index contributed by atoms with van der Waals surface area (Å²) in [6.45, 7) is 0. The smallest absolute Gasteiger partial charge is 0.225 e. The highest BCUT2D eigenvalue weighted by molar-refractivity contribution is 6.28. The summed E-state index contributed by atoms with van der Waals surface area (Å²) in [4.78, 5) is 7.82. The van der Waals surface area contributed by atoms with Crippen molar-refractivity contribution in [3.63, 3.8) is 0 Å². The fourth-order valence-electron chi connectivity index (χ4n) is 1.27. The van der Waals surface area contributed by atoms with Crippen LogP contribution in [-0.4, -0.2) is 9.97 Å². The van der Waals surface area contributed by atoms with Crippen LogP contribution in [0.1, 0.15) is 0 Å². The van der Waals surface area contributed by atoms with Crippen molar-refractivity contribution < 1.29 is 0 Å². The maximum absolute atomic E-state index is 5.77. The van der Waals surface area contributed by atoms with Crippen LogP contribution in [0.3, 0.4) is 0 Å². The van der Waals surface area contributed by atoms with E-state index >= 15 is 0 Å². The maximum atomic E-state index is 5.77. The molecule has 0 unspecified atom stereocenters. The van der Waals surface area contributed by atoms with Gasteiger partial charge in [0.25, 0.3) is 0 Å². The van der Waals surface area contributed by atoms with E-state index in [4.69, 9.17) is 23.1 Å². The highest BCUT2D eigenvalue weighted by Crippen LogP contribution is 2.27. The summed E-state index contributed by atoms with van der Waals surface area (Å²) in [5.41, 5.74) is 13.2. The first kappa shape index (κ1) is 9.73. The molecule has 1 aromatic carbocycles. The summed E-state index contributed by atoms with van der Waals surface area (Å²) in [5.74, 6) is 0.203. The molecular formula is C10H9ClN4. The van der Waals surface area contributed by atoms with Gasteiger partial charge in [-0.15, -0.1) is 0 Å². The van der Waals surface area contributed by atoms with Crippen LogP contribution in [0.2, 0.25) is 5.28 Å². The van der Waals surface area contributed by atoms with Crippen LogP contribution in [-0.2, 0) is 0 Å². The largest absolute Gasteiger partial charge is 0.394 e. The molecule has 15 heavy (non-hydrogen) atoms. The lowest BCUT2D eigenvalue weighted by atomic mass is 10.1. The topological polar surface area (TPSA) is 77.8 Å². The number of hydrogen-bond acceptors (Lipinski definition) is 4. The van der Waals surface area contributed by atoms with E-state index in [1.165, 1.54) is 0 Å². The third-order valence-electron chi connectivity index (χ3n) is 2.00. The average molecular weight is 221 g/mol. The molecule has 0 amide bonds. The minimum atomic E-state index is 0.0977. The SMILES string of the molecule is Nc1nc(Cl)nc(-c2ccccc2)c1N. The third-order valence-corrected chi connectivity index (χ3v) is 2.16. The Morgan fingerprint density at radius 3 is 2.33 bits per heavy atom. The molecule has 4 N–H and O–H groups in total. The summed E-state index contributed by atoms with van der Waals surface area (Å²) in [6, 6.07) is 9.46. The van der Waals surface area contributed by atoms with E-state index in [-0.39, 0.29) is 11.1 Å². The van der Waals surface area contributed by atoms with Crippen molar-refractivity contribution >= 4 is 23.1 Å². The summed E-state index contributed by atoms with van der Waals surface area (Å²) < 4.78 is 0. The Kier molecular flexibility index (Phi) is 2.43. The first-order chi connectivity index (χ1) is 7.18. The highest BCUT2D eigenvalue weighted by atomic mass is 35.5. The number of anilines is 2. The number of nitrogen functional groups attached to an aromatic ring is 2. The van der Waals surface area contributed by atoms with Crippen LogP contribution >= 0.6 is 11.6 Å². The molecule has 2 rings (SSSR count). The zero-order valence-corrected chi connectivity index (χ0v) is 8.57. The molecule has 0 aliphatic rings. The lowest BCUT2D eigenvalue weighted by molar-refractivity contribution is 1.18. The molecule has 0 radical (unpaired) electrons. The number of benzene rings is 1. The summed E-state index contributed by atoms with van der Waals surface area (Å²) in [5, 5.41) is 0.0977. The van der Waals surface area contributed by atoms with Gasteiger partial charge in [-0.3, -0.25) is 0 Å². The molecule has 0 fully saturated rings. The quantitative estimate of drug-likeness (QED) is 0.721. The molecule has 0 bridgehead atoms. The Morgan fingerprint density at radius 2 is 1.67 bits per heavy atom. The Labute approximate surface area is 91.9 Å². The molecule has 0 aliphatic carbocycles. The molecule has 0 aliphatic heterocycles.